The minimum Gasteiger partial charge on any atom is -0.438 e. The van der Waals surface area contributed by atoms with E-state index < -0.39 is 0 Å². The smallest absolute Gasteiger partial charge is 0.237 e. The molecule has 22 heavy (non-hydrogen) atoms. The Morgan fingerprint density at radius 2 is 2.09 bits per heavy atom. The highest BCUT2D eigenvalue weighted by molar-refractivity contribution is 5.64. The van der Waals surface area contributed by atoms with E-state index in [4.69, 9.17) is 4.74 Å². The Bertz CT molecular complexity index is 705. The molecule has 0 saturated heterocycles. The first-order chi connectivity index (χ1) is 10.6. The number of hydrogen-bond acceptors (Lipinski definition) is 4. The van der Waals surface area contributed by atoms with Crippen LogP contribution in [0, 0.1) is 18.3 Å². The molecule has 1 aromatic carbocycles. The maximum absolute atomic E-state index is 9.30. The monoisotopic (exact) mass is 294 g/mol. The van der Waals surface area contributed by atoms with E-state index in [1.54, 1.807) is 12.4 Å². The van der Waals surface area contributed by atoms with Gasteiger partial charge in [0.2, 0.25) is 5.88 Å². The van der Waals surface area contributed by atoms with Crippen molar-refractivity contribution in [2.24, 2.45) is 4.99 Å². The van der Waals surface area contributed by atoms with Crippen LogP contribution < -0.4 is 4.74 Å². The second-order valence-electron chi connectivity index (χ2n) is 4.79. The Hall–Kier alpha value is -2.87. The number of benzene rings is 1. The van der Waals surface area contributed by atoms with Gasteiger partial charge in [0.25, 0.3) is 0 Å². The van der Waals surface area contributed by atoms with E-state index >= 15 is 0 Å². The molecule has 5 heteroatoms. The molecule has 112 valence electrons. The fourth-order valence-corrected chi connectivity index (χ4v) is 1.70. The Morgan fingerprint density at radius 3 is 2.73 bits per heavy atom. The third-order valence-corrected chi connectivity index (χ3v) is 3.12. The molecule has 0 spiro atoms. The summed E-state index contributed by atoms with van der Waals surface area (Å²) in [6.45, 7) is 4.74. The van der Waals surface area contributed by atoms with Gasteiger partial charge < -0.3 is 9.64 Å². The zero-order valence-electron chi connectivity index (χ0n) is 12.9. The van der Waals surface area contributed by atoms with Crippen molar-refractivity contribution in [2.45, 2.75) is 13.8 Å². The average Bonchev–Trinajstić information content (AvgIpc) is 2.54. The summed E-state index contributed by atoms with van der Waals surface area (Å²) >= 11 is 0. The van der Waals surface area contributed by atoms with E-state index in [1.807, 2.05) is 56.1 Å². The molecule has 2 aromatic rings. The third kappa shape index (κ3) is 3.83. The molecule has 0 atom stereocenters. The predicted octanol–water partition coefficient (Wildman–Crippen LogP) is 3.67. The van der Waals surface area contributed by atoms with Crippen LogP contribution in [0.25, 0.3) is 0 Å². The average molecular weight is 294 g/mol. The first-order valence-corrected chi connectivity index (χ1v) is 7.03. The van der Waals surface area contributed by atoms with Crippen LogP contribution in [0.2, 0.25) is 0 Å². The number of nitriles is 1. The minimum atomic E-state index is 0.300. The standard InChI is InChI=1S/C17H18N4O/c1-4-21(3)12-19-16-10-14(11-18)17(20-13(16)2)22-15-8-6-5-7-9-15/h5-10,12H,4H2,1-3H3. The van der Waals surface area contributed by atoms with Crippen LogP contribution >= 0.6 is 0 Å². The van der Waals surface area contributed by atoms with Crippen molar-refractivity contribution in [3.8, 4) is 17.7 Å². The molecule has 0 saturated carbocycles. The molecule has 0 amide bonds. The van der Waals surface area contributed by atoms with Crippen molar-refractivity contribution in [2.75, 3.05) is 13.6 Å². The van der Waals surface area contributed by atoms with Crippen LogP contribution in [-0.2, 0) is 0 Å². The SMILES string of the molecule is CCN(C)C=Nc1cc(C#N)c(Oc2ccccc2)nc1C. The molecule has 1 aromatic heterocycles. The van der Waals surface area contributed by atoms with Crippen LogP contribution in [0.5, 0.6) is 11.6 Å². The van der Waals surface area contributed by atoms with Crippen molar-refractivity contribution in [1.82, 2.24) is 9.88 Å². The highest BCUT2D eigenvalue weighted by atomic mass is 16.5. The first kappa shape index (κ1) is 15.5. The summed E-state index contributed by atoms with van der Waals surface area (Å²) in [5, 5.41) is 9.30. The zero-order valence-corrected chi connectivity index (χ0v) is 12.9. The lowest BCUT2D eigenvalue weighted by Crippen LogP contribution is -2.14. The van der Waals surface area contributed by atoms with Gasteiger partial charge in [-0.1, -0.05) is 18.2 Å². The lowest BCUT2D eigenvalue weighted by atomic mass is 10.2. The molecular formula is C17H18N4O. The second-order valence-corrected chi connectivity index (χ2v) is 4.79. The van der Waals surface area contributed by atoms with Gasteiger partial charge in [-0.2, -0.15) is 5.26 Å². The van der Waals surface area contributed by atoms with E-state index in [2.05, 4.69) is 16.0 Å². The maximum Gasteiger partial charge on any atom is 0.237 e. The Morgan fingerprint density at radius 1 is 1.36 bits per heavy atom. The van der Waals surface area contributed by atoms with E-state index in [1.165, 1.54) is 0 Å². The number of hydrogen-bond donors (Lipinski definition) is 0. The van der Waals surface area contributed by atoms with Crippen LogP contribution in [0.4, 0.5) is 5.69 Å². The van der Waals surface area contributed by atoms with Crippen LogP contribution in [0.3, 0.4) is 0 Å². The molecule has 0 N–H and O–H groups in total. The molecule has 0 bridgehead atoms. The number of rotatable bonds is 5. The Kier molecular flexibility index (Phi) is 5.10. The number of nitrogens with zero attached hydrogens (tertiary/aromatic N) is 4. The lowest BCUT2D eigenvalue weighted by Gasteiger charge is -2.10. The van der Waals surface area contributed by atoms with Gasteiger partial charge in [-0.25, -0.2) is 9.98 Å². The molecule has 5 nitrogen and oxygen atoms in total. The molecule has 1 heterocycles. The quantitative estimate of drug-likeness (QED) is 0.623. The molecule has 0 aliphatic heterocycles. The Balaban J connectivity index is 2.32. The van der Waals surface area contributed by atoms with Gasteiger partial charge >= 0.3 is 0 Å². The Labute approximate surface area is 130 Å². The molecule has 0 aliphatic rings. The molecular weight excluding hydrogens is 276 g/mol. The highest BCUT2D eigenvalue weighted by Crippen LogP contribution is 2.28. The largest absolute Gasteiger partial charge is 0.438 e. The van der Waals surface area contributed by atoms with Gasteiger partial charge in [0.1, 0.15) is 17.4 Å². The van der Waals surface area contributed by atoms with Gasteiger partial charge in [-0.3, -0.25) is 0 Å². The van der Waals surface area contributed by atoms with E-state index in [-0.39, 0.29) is 0 Å². The fraction of sp³-hybridized carbons (Fsp3) is 0.235. The highest BCUT2D eigenvalue weighted by Gasteiger charge is 2.11. The molecule has 0 aliphatic carbocycles. The summed E-state index contributed by atoms with van der Waals surface area (Å²) in [4.78, 5) is 10.7. The van der Waals surface area contributed by atoms with Gasteiger partial charge in [0.15, 0.2) is 0 Å². The third-order valence-electron chi connectivity index (χ3n) is 3.12. The zero-order chi connectivity index (χ0) is 15.9. The molecule has 2 rings (SSSR count). The van der Waals surface area contributed by atoms with Gasteiger partial charge in [0, 0.05) is 13.6 Å². The summed E-state index contributed by atoms with van der Waals surface area (Å²) in [5.41, 5.74) is 1.74. The second kappa shape index (κ2) is 7.23. The number of aryl methyl sites for hydroxylation is 1. The summed E-state index contributed by atoms with van der Waals surface area (Å²) in [5.74, 6) is 0.946. The first-order valence-electron chi connectivity index (χ1n) is 7.03. The summed E-state index contributed by atoms with van der Waals surface area (Å²) < 4.78 is 5.69. The summed E-state index contributed by atoms with van der Waals surface area (Å²) in [7, 11) is 1.93. The predicted molar refractivity (Wildman–Crippen MR) is 86.7 cm³/mol. The van der Waals surface area contributed by atoms with Crippen LogP contribution in [0.15, 0.2) is 41.4 Å². The number of pyridine rings is 1. The topological polar surface area (TPSA) is 61.5 Å². The van der Waals surface area contributed by atoms with Gasteiger partial charge in [-0.15, -0.1) is 0 Å². The van der Waals surface area contributed by atoms with E-state index in [9.17, 15) is 5.26 Å². The van der Waals surface area contributed by atoms with Crippen molar-refractivity contribution < 1.29 is 4.74 Å². The van der Waals surface area contributed by atoms with Gasteiger partial charge in [-0.05, 0) is 32.0 Å². The number of para-hydroxylation sites is 1. The van der Waals surface area contributed by atoms with E-state index in [0.717, 1.165) is 6.54 Å². The molecule has 0 radical (unpaired) electrons. The van der Waals surface area contributed by atoms with Crippen molar-refractivity contribution in [3.05, 3.63) is 47.7 Å². The number of aromatic nitrogens is 1. The van der Waals surface area contributed by atoms with Crippen LogP contribution in [0.1, 0.15) is 18.2 Å². The lowest BCUT2D eigenvalue weighted by molar-refractivity contribution is 0.460. The van der Waals surface area contributed by atoms with Crippen molar-refractivity contribution >= 4 is 12.0 Å². The summed E-state index contributed by atoms with van der Waals surface area (Å²) in [6, 6.07) is 13.1. The molecule has 0 fully saturated rings. The van der Waals surface area contributed by atoms with Gasteiger partial charge in [0.05, 0.1) is 17.7 Å². The fourth-order valence-electron chi connectivity index (χ4n) is 1.70. The number of ether oxygens (including phenoxy) is 1. The molecule has 0 unspecified atom stereocenters. The van der Waals surface area contributed by atoms with E-state index in [0.29, 0.717) is 28.6 Å². The van der Waals surface area contributed by atoms with Crippen molar-refractivity contribution in [3.63, 3.8) is 0 Å². The van der Waals surface area contributed by atoms with Crippen molar-refractivity contribution in [1.29, 1.82) is 5.26 Å². The minimum absolute atomic E-state index is 0.300. The summed E-state index contributed by atoms with van der Waals surface area (Å²) in [6.07, 6.45) is 1.73. The van der Waals surface area contributed by atoms with Crippen LogP contribution in [-0.4, -0.2) is 29.8 Å². The maximum atomic E-state index is 9.30. The normalized spacial score (nSPS) is 10.5. The number of aliphatic imine (C=N–C) groups is 1.